The lowest BCUT2D eigenvalue weighted by molar-refractivity contribution is 0.0784. The zero-order valence-electron chi connectivity index (χ0n) is 9.56. The molecule has 2 aromatic heterocycles. The molecule has 0 saturated carbocycles. The van der Waals surface area contributed by atoms with Gasteiger partial charge in [0.2, 0.25) is 0 Å². The average molecular weight is 390 g/mol. The van der Waals surface area contributed by atoms with Crippen molar-refractivity contribution in [2.24, 2.45) is 0 Å². The first-order chi connectivity index (χ1) is 8.58. The molecule has 0 saturated heterocycles. The van der Waals surface area contributed by atoms with E-state index in [1.165, 1.54) is 11.3 Å². The Morgan fingerprint density at radius 3 is 2.83 bits per heavy atom. The second-order valence-electron chi connectivity index (χ2n) is 3.76. The summed E-state index contributed by atoms with van der Waals surface area (Å²) in [5, 5.41) is 0. The van der Waals surface area contributed by atoms with Crippen LogP contribution < -0.4 is 0 Å². The van der Waals surface area contributed by atoms with Gasteiger partial charge in [0, 0.05) is 26.0 Å². The van der Waals surface area contributed by atoms with Crippen molar-refractivity contribution < 1.29 is 4.79 Å². The minimum atomic E-state index is -0.00678. The normalized spacial score (nSPS) is 10.4. The number of halogens is 2. The number of hydrogen-bond acceptors (Lipinski definition) is 3. The summed E-state index contributed by atoms with van der Waals surface area (Å²) in [7, 11) is 1.79. The molecule has 0 unspecified atom stereocenters. The predicted molar refractivity (Wildman–Crippen MR) is 79.8 cm³/mol. The van der Waals surface area contributed by atoms with Crippen LogP contribution in [0.3, 0.4) is 0 Å². The standard InChI is InChI=1S/C12H10Br2N2OS/c1-16(7-8-3-2-4-15-6-8)12(17)9-5-10(13)18-11(9)14/h2-6H,7H2,1H3. The van der Waals surface area contributed by atoms with Gasteiger partial charge in [-0.15, -0.1) is 11.3 Å². The van der Waals surface area contributed by atoms with E-state index in [1.54, 1.807) is 24.3 Å². The van der Waals surface area contributed by atoms with Gasteiger partial charge in [0.15, 0.2) is 0 Å². The van der Waals surface area contributed by atoms with Crippen LogP contribution in [-0.4, -0.2) is 22.8 Å². The molecule has 0 radical (unpaired) electrons. The molecule has 0 bridgehead atoms. The van der Waals surface area contributed by atoms with Crippen LogP contribution in [0, 0.1) is 0 Å². The summed E-state index contributed by atoms with van der Waals surface area (Å²) in [6.45, 7) is 0.548. The van der Waals surface area contributed by atoms with Gasteiger partial charge in [-0.1, -0.05) is 6.07 Å². The summed E-state index contributed by atoms with van der Waals surface area (Å²) < 4.78 is 1.78. The van der Waals surface area contributed by atoms with Crippen LogP contribution in [0.4, 0.5) is 0 Å². The summed E-state index contributed by atoms with van der Waals surface area (Å²) in [5.74, 6) is -0.00678. The van der Waals surface area contributed by atoms with Crippen molar-refractivity contribution in [2.75, 3.05) is 7.05 Å². The van der Waals surface area contributed by atoms with Gasteiger partial charge in [-0.05, 0) is 49.6 Å². The Morgan fingerprint density at radius 1 is 1.50 bits per heavy atom. The number of pyridine rings is 1. The summed E-state index contributed by atoms with van der Waals surface area (Å²) in [5.41, 5.74) is 1.69. The molecular weight excluding hydrogens is 380 g/mol. The fourth-order valence-electron chi connectivity index (χ4n) is 1.53. The van der Waals surface area contributed by atoms with Gasteiger partial charge in [-0.25, -0.2) is 0 Å². The van der Waals surface area contributed by atoms with E-state index in [9.17, 15) is 4.79 Å². The van der Waals surface area contributed by atoms with Crippen molar-refractivity contribution in [1.82, 2.24) is 9.88 Å². The van der Waals surface area contributed by atoms with Crippen LogP contribution in [0.25, 0.3) is 0 Å². The van der Waals surface area contributed by atoms with E-state index in [1.807, 2.05) is 18.2 Å². The Bertz CT molecular complexity index is 556. The van der Waals surface area contributed by atoms with E-state index < -0.39 is 0 Å². The Balaban J connectivity index is 2.12. The molecule has 0 aliphatic carbocycles. The lowest BCUT2D eigenvalue weighted by Crippen LogP contribution is -2.26. The fraction of sp³-hybridized carbons (Fsp3) is 0.167. The lowest BCUT2D eigenvalue weighted by Gasteiger charge is -2.16. The molecule has 3 nitrogen and oxygen atoms in total. The average Bonchev–Trinajstić information content (AvgIpc) is 2.68. The quantitative estimate of drug-likeness (QED) is 0.796. The number of carbonyl (C=O) groups is 1. The molecule has 0 atom stereocenters. The summed E-state index contributed by atoms with van der Waals surface area (Å²) in [6, 6.07) is 5.65. The minimum absolute atomic E-state index is 0.00678. The van der Waals surface area contributed by atoms with Crippen LogP contribution in [0.2, 0.25) is 0 Å². The third-order valence-corrected chi connectivity index (χ3v) is 4.72. The Labute approximate surface area is 126 Å². The van der Waals surface area contributed by atoms with Crippen molar-refractivity contribution in [3.8, 4) is 0 Å². The molecule has 0 aliphatic rings. The number of rotatable bonds is 3. The summed E-state index contributed by atoms with van der Waals surface area (Å²) >= 11 is 8.27. The van der Waals surface area contributed by atoms with E-state index in [0.29, 0.717) is 12.1 Å². The highest BCUT2D eigenvalue weighted by molar-refractivity contribution is 9.12. The second kappa shape index (κ2) is 5.95. The Hall–Kier alpha value is -0.720. The van der Waals surface area contributed by atoms with Crippen LogP contribution in [0.15, 0.2) is 38.2 Å². The van der Waals surface area contributed by atoms with E-state index in [4.69, 9.17) is 0 Å². The van der Waals surface area contributed by atoms with E-state index in [-0.39, 0.29) is 5.91 Å². The van der Waals surface area contributed by atoms with Crippen molar-refractivity contribution in [2.45, 2.75) is 6.54 Å². The monoisotopic (exact) mass is 388 g/mol. The topological polar surface area (TPSA) is 33.2 Å². The molecule has 18 heavy (non-hydrogen) atoms. The minimum Gasteiger partial charge on any atom is -0.337 e. The number of hydrogen-bond donors (Lipinski definition) is 0. The highest BCUT2D eigenvalue weighted by Gasteiger charge is 2.17. The molecular formula is C12H10Br2N2OS. The molecule has 2 heterocycles. The maximum atomic E-state index is 12.2. The van der Waals surface area contributed by atoms with Crippen LogP contribution >= 0.6 is 43.2 Å². The third kappa shape index (κ3) is 3.18. The summed E-state index contributed by atoms with van der Waals surface area (Å²) in [6.07, 6.45) is 3.49. The summed E-state index contributed by atoms with van der Waals surface area (Å²) in [4.78, 5) is 18.0. The number of carbonyl (C=O) groups excluding carboxylic acids is 1. The highest BCUT2D eigenvalue weighted by Crippen LogP contribution is 2.32. The zero-order valence-corrected chi connectivity index (χ0v) is 13.5. The van der Waals surface area contributed by atoms with Crippen molar-refractivity contribution in [1.29, 1.82) is 0 Å². The maximum Gasteiger partial charge on any atom is 0.255 e. The van der Waals surface area contributed by atoms with Gasteiger partial charge in [0.1, 0.15) is 0 Å². The van der Waals surface area contributed by atoms with Crippen LogP contribution in [0.5, 0.6) is 0 Å². The number of amides is 1. The zero-order chi connectivity index (χ0) is 13.1. The van der Waals surface area contributed by atoms with Crippen LogP contribution in [0.1, 0.15) is 15.9 Å². The molecule has 94 valence electrons. The molecule has 0 aliphatic heterocycles. The first kappa shape index (κ1) is 13.7. The van der Waals surface area contributed by atoms with Crippen LogP contribution in [-0.2, 0) is 6.54 Å². The fourth-order valence-corrected chi connectivity index (χ4v) is 4.31. The largest absolute Gasteiger partial charge is 0.337 e. The van der Waals surface area contributed by atoms with Gasteiger partial charge in [0.25, 0.3) is 5.91 Å². The molecule has 0 fully saturated rings. The second-order valence-corrected chi connectivity index (χ2v) is 7.51. The molecule has 0 spiro atoms. The molecule has 0 aromatic carbocycles. The van der Waals surface area contributed by atoms with E-state index >= 15 is 0 Å². The maximum absolute atomic E-state index is 12.2. The Kier molecular flexibility index (Phi) is 4.53. The Morgan fingerprint density at radius 2 is 2.28 bits per heavy atom. The molecule has 2 aromatic rings. The lowest BCUT2D eigenvalue weighted by atomic mass is 10.2. The number of nitrogens with zero attached hydrogens (tertiary/aromatic N) is 2. The van der Waals surface area contributed by atoms with Gasteiger partial charge in [0.05, 0.1) is 13.1 Å². The highest BCUT2D eigenvalue weighted by atomic mass is 79.9. The predicted octanol–water partition coefficient (Wildman–Crippen LogP) is 3.94. The molecule has 0 N–H and O–H groups in total. The SMILES string of the molecule is CN(Cc1cccnc1)C(=O)c1cc(Br)sc1Br. The van der Waals surface area contributed by atoms with Crippen molar-refractivity contribution >= 4 is 49.1 Å². The van der Waals surface area contributed by atoms with Crippen molar-refractivity contribution in [3.05, 3.63) is 49.3 Å². The van der Waals surface area contributed by atoms with Gasteiger partial charge in [-0.3, -0.25) is 9.78 Å². The van der Waals surface area contributed by atoms with Gasteiger partial charge < -0.3 is 4.90 Å². The molecule has 1 amide bonds. The molecule has 2 rings (SSSR count). The van der Waals surface area contributed by atoms with E-state index in [2.05, 4.69) is 36.8 Å². The van der Waals surface area contributed by atoms with Crippen molar-refractivity contribution in [3.63, 3.8) is 0 Å². The first-order valence-electron chi connectivity index (χ1n) is 5.17. The molecule has 6 heteroatoms. The first-order valence-corrected chi connectivity index (χ1v) is 7.57. The van der Waals surface area contributed by atoms with Gasteiger partial charge >= 0.3 is 0 Å². The smallest absolute Gasteiger partial charge is 0.255 e. The van der Waals surface area contributed by atoms with Gasteiger partial charge in [-0.2, -0.15) is 0 Å². The number of aromatic nitrogens is 1. The van der Waals surface area contributed by atoms with E-state index in [0.717, 1.165) is 13.1 Å². The number of thiophene rings is 1. The third-order valence-electron chi connectivity index (χ3n) is 2.38.